The van der Waals surface area contributed by atoms with Crippen molar-refractivity contribution >= 4 is 17.3 Å². The predicted molar refractivity (Wildman–Crippen MR) is 102 cm³/mol. The summed E-state index contributed by atoms with van der Waals surface area (Å²) in [7, 11) is 1.82. The average Bonchev–Trinajstić information content (AvgIpc) is 2.55. The summed E-state index contributed by atoms with van der Waals surface area (Å²) < 4.78 is 0. The first-order chi connectivity index (χ1) is 11.1. The Bertz CT molecular complexity index is 477. The minimum atomic E-state index is 0.540. The van der Waals surface area contributed by atoms with E-state index in [1.165, 1.54) is 45.3 Å². The lowest BCUT2D eigenvalue weighted by atomic mass is 10.0. The van der Waals surface area contributed by atoms with E-state index in [0.29, 0.717) is 5.15 Å². The van der Waals surface area contributed by atoms with Gasteiger partial charge in [0.05, 0.1) is 0 Å². The summed E-state index contributed by atoms with van der Waals surface area (Å²) in [6.07, 6.45) is 9.52. The number of aryl methyl sites for hydroxylation is 1. The van der Waals surface area contributed by atoms with Crippen LogP contribution in [-0.4, -0.2) is 42.3 Å². The molecule has 0 bridgehead atoms. The molecule has 0 N–H and O–H groups in total. The van der Waals surface area contributed by atoms with Crippen LogP contribution >= 0.6 is 11.6 Å². The van der Waals surface area contributed by atoms with E-state index >= 15 is 0 Å². The van der Waals surface area contributed by atoms with Crippen LogP contribution < -0.4 is 0 Å². The Balaban J connectivity index is 0.000000253. The minimum Gasteiger partial charge on any atom is -0.303 e. The number of hydrogen-bond acceptors (Lipinski definition) is 3. The maximum absolute atomic E-state index is 5.79. The summed E-state index contributed by atoms with van der Waals surface area (Å²) >= 11 is 5.79. The van der Waals surface area contributed by atoms with E-state index < -0.39 is 0 Å². The van der Waals surface area contributed by atoms with Crippen molar-refractivity contribution in [2.75, 3.05) is 26.7 Å². The zero-order valence-electron chi connectivity index (χ0n) is 15.2. The SMILES string of the molecule is CCCC(=NC)c1cnc(Cl)cc1C.CCCN1CCCCC1. The molecule has 0 spiro atoms. The summed E-state index contributed by atoms with van der Waals surface area (Å²) in [4.78, 5) is 10.9. The molecule has 0 aliphatic carbocycles. The fraction of sp³-hybridized carbons (Fsp3) is 0.684. The standard InChI is InChI=1S/C11H15ClN2.C8H17N/c1-4-5-10(13-3)9-7-14-11(12)6-8(9)2;1-2-6-9-7-4-3-5-8-9/h6-7H,4-5H2,1-3H3;2-8H2,1H3. The smallest absolute Gasteiger partial charge is 0.129 e. The predicted octanol–water partition coefficient (Wildman–Crippen LogP) is 5.14. The highest BCUT2D eigenvalue weighted by atomic mass is 35.5. The van der Waals surface area contributed by atoms with Crippen molar-refractivity contribution < 1.29 is 0 Å². The molecule has 3 nitrogen and oxygen atoms in total. The van der Waals surface area contributed by atoms with Crippen LogP contribution in [0.4, 0.5) is 0 Å². The van der Waals surface area contributed by atoms with Crippen LogP contribution in [0, 0.1) is 6.92 Å². The fourth-order valence-electron chi connectivity index (χ4n) is 2.93. The Morgan fingerprint density at radius 3 is 2.43 bits per heavy atom. The summed E-state index contributed by atoms with van der Waals surface area (Å²) in [5.41, 5.74) is 3.35. The molecule has 0 aromatic carbocycles. The number of hydrogen-bond donors (Lipinski definition) is 0. The summed E-state index contributed by atoms with van der Waals surface area (Å²) in [6.45, 7) is 10.5. The molecule has 1 aliphatic rings. The molecule has 4 heteroatoms. The highest BCUT2D eigenvalue weighted by molar-refractivity contribution is 6.29. The molecule has 1 saturated heterocycles. The molecular weight excluding hydrogens is 306 g/mol. The zero-order chi connectivity index (χ0) is 17.1. The number of rotatable bonds is 5. The van der Waals surface area contributed by atoms with Crippen molar-refractivity contribution in [2.45, 2.75) is 59.3 Å². The minimum absolute atomic E-state index is 0.540. The van der Waals surface area contributed by atoms with Crippen LogP contribution in [0.5, 0.6) is 0 Å². The van der Waals surface area contributed by atoms with Crippen molar-refractivity contribution in [1.29, 1.82) is 0 Å². The topological polar surface area (TPSA) is 28.5 Å². The van der Waals surface area contributed by atoms with Crippen molar-refractivity contribution in [3.8, 4) is 0 Å². The number of aliphatic imine (C=N–C) groups is 1. The average molecular weight is 338 g/mol. The van der Waals surface area contributed by atoms with E-state index in [9.17, 15) is 0 Å². The molecule has 23 heavy (non-hydrogen) atoms. The van der Waals surface area contributed by atoms with Gasteiger partial charge in [0.25, 0.3) is 0 Å². The van der Waals surface area contributed by atoms with Gasteiger partial charge < -0.3 is 4.90 Å². The zero-order valence-corrected chi connectivity index (χ0v) is 16.0. The summed E-state index contributed by atoms with van der Waals surface area (Å²) in [5.74, 6) is 0. The first-order valence-corrected chi connectivity index (χ1v) is 9.30. The van der Waals surface area contributed by atoms with Crippen molar-refractivity contribution in [3.63, 3.8) is 0 Å². The van der Waals surface area contributed by atoms with Gasteiger partial charge in [0.2, 0.25) is 0 Å². The van der Waals surface area contributed by atoms with Gasteiger partial charge in [-0.25, -0.2) is 4.98 Å². The second-order valence-corrected chi connectivity index (χ2v) is 6.53. The molecule has 130 valence electrons. The third-order valence-corrected chi connectivity index (χ3v) is 4.34. The molecule has 0 atom stereocenters. The Morgan fingerprint density at radius 1 is 1.22 bits per heavy atom. The van der Waals surface area contributed by atoms with E-state index in [1.54, 1.807) is 6.20 Å². The number of halogens is 1. The molecule has 2 rings (SSSR count). The highest BCUT2D eigenvalue weighted by Crippen LogP contribution is 2.15. The Hall–Kier alpha value is -0.930. The van der Waals surface area contributed by atoms with Gasteiger partial charge in [-0.3, -0.25) is 4.99 Å². The Kier molecular flexibility index (Phi) is 10.1. The Morgan fingerprint density at radius 2 is 1.91 bits per heavy atom. The molecule has 0 saturated carbocycles. The van der Waals surface area contributed by atoms with E-state index in [4.69, 9.17) is 11.6 Å². The second kappa shape index (κ2) is 11.6. The Labute approximate surface area is 147 Å². The number of nitrogens with zero attached hydrogens (tertiary/aromatic N) is 3. The molecule has 1 aromatic rings. The molecule has 0 unspecified atom stereocenters. The van der Waals surface area contributed by atoms with Crippen LogP contribution in [-0.2, 0) is 0 Å². The molecule has 0 amide bonds. The van der Waals surface area contributed by atoms with E-state index in [2.05, 4.69) is 28.7 Å². The van der Waals surface area contributed by atoms with E-state index in [0.717, 1.165) is 29.7 Å². The van der Waals surface area contributed by atoms with Crippen LogP contribution in [0.2, 0.25) is 5.15 Å². The molecule has 0 radical (unpaired) electrons. The van der Waals surface area contributed by atoms with Gasteiger partial charge in [0, 0.05) is 24.5 Å². The summed E-state index contributed by atoms with van der Waals surface area (Å²) in [6, 6.07) is 1.87. The number of aromatic nitrogens is 1. The maximum atomic E-state index is 5.79. The van der Waals surface area contributed by atoms with Crippen LogP contribution in [0.25, 0.3) is 0 Å². The monoisotopic (exact) mass is 337 g/mol. The van der Waals surface area contributed by atoms with Crippen molar-refractivity contribution in [1.82, 2.24) is 9.88 Å². The normalized spacial score (nSPS) is 16.0. The van der Waals surface area contributed by atoms with Crippen LogP contribution in [0.3, 0.4) is 0 Å². The van der Waals surface area contributed by atoms with E-state index in [-0.39, 0.29) is 0 Å². The first kappa shape index (κ1) is 20.1. The number of pyridine rings is 1. The largest absolute Gasteiger partial charge is 0.303 e. The van der Waals surface area contributed by atoms with Gasteiger partial charge in [0.15, 0.2) is 0 Å². The lowest BCUT2D eigenvalue weighted by Crippen LogP contribution is -2.30. The molecule has 1 aliphatic heterocycles. The van der Waals surface area contributed by atoms with Gasteiger partial charge in [-0.1, -0.05) is 38.3 Å². The molecule has 1 fully saturated rings. The maximum Gasteiger partial charge on any atom is 0.129 e. The highest BCUT2D eigenvalue weighted by Gasteiger charge is 2.07. The lowest BCUT2D eigenvalue weighted by molar-refractivity contribution is 0.229. The lowest BCUT2D eigenvalue weighted by Gasteiger charge is -2.25. The van der Waals surface area contributed by atoms with Gasteiger partial charge in [-0.05, 0) is 63.9 Å². The molecule has 2 heterocycles. The molecule has 1 aromatic heterocycles. The van der Waals surface area contributed by atoms with Gasteiger partial charge in [0.1, 0.15) is 5.15 Å². The van der Waals surface area contributed by atoms with Crippen molar-refractivity contribution in [3.05, 3.63) is 28.5 Å². The fourth-order valence-corrected chi connectivity index (χ4v) is 3.14. The molecular formula is C19H32ClN3. The third-order valence-electron chi connectivity index (χ3n) is 4.13. The quantitative estimate of drug-likeness (QED) is 0.549. The number of likely N-dealkylation sites (tertiary alicyclic amines) is 1. The van der Waals surface area contributed by atoms with Crippen molar-refractivity contribution in [2.24, 2.45) is 4.99 Å². The van der Waals surface area contributed by atoms with Crippen LogP contribution in [0.1, 0.15) is 63.5 Å². The third kappa shape index (κ3) is 7.45. The summed E-state index contributed by atoms with van der Waals surface area (Å²) in [5, 5.41) is 0.540. The second-order valence-electron chi connectivity index (χ2n) is 6.14. The van der Waals surface area contributed by atoms with Gasteiger partial charge >= 0.3 is 0 Å². The van der Waals surface area contributed by atoms with E-state index in [1.807, 2.05) is 20.0 Å². The van der Waals surface area contributed by atoms with Crippen LogP contribution in [0.15, 0.2) is 17.3 Å². The first-order valence-electron chi connectivity index (χ1n) is 8.92. The van der Waals surface area contributed by atoms with Gasteiger partial charge in [-0.15, -0.1) is 0 Å². The number of piperidine rings is 1. The van der Waals surface area contributed by atoms with Gasteiger partial charge in [-0.2, -0.15) is 0 Å².